The molecule has 6 heteroatoms. The number of furan rings is 1. The highest BCUT2D eigenvalue weighted by molar-refractivity contribution is 5.94. The molecule has 128 valence electrons. The van der Waals surface area contributed by atoms with E-state index in [4.69, 9.17) is 4.42 Å². The normalized spacial score (nSPS) is 10.4. The van der Waals surface area contributed by atoms with Gasteiger partial charge in [-0.15, -0.1) is 0 Å². The van der Waals surface area contributed by atoms with Gasteiger partial charge in [0.2, 0.25) is 0 Å². The Labute approximate surface area is 144 Å². The fraction of sp³-hybridized carbons (Fsp3) is 0.158. The molecule has 2 N–H and O–H groups in total. The first-order valence-electron chi connectivity index (χ1n) is 7.96. The van der Waals surface area contributed by atoms with Gasteiger partial charge in [0.15, 0.2) is 0 Å². The number of nitrogens with zero attached hydrogens (tertiary/aromatic N) is 1. The largest absolute Gasteiger partial charge is 0.467 e. The summed E-state index contributed by atoms with van der Waals surface area (Å²) in [6, 6.07) is 13.4. The van der Waals surface area contributed by atoms with Crippen LogP contribution in [0.15, 0.2) is 65.4 Å². The maximum atomic E-state index is 12.8. The average Bonchev–Trinajstić information content (AvgIpc) is 3.15. The summed E-state index contributed by atoms with van der Waals surface area (Å²) in [6.07, 6.45) is 3.78. The second-order valence-electron chi connectivity index (χ2n) is 5.50. The van der Waals surface area contributed by atoms with E-state index in [1.54, 1.807) is 30.5 Å². The maximum Gasteiger partial charge on any atom is 0.252 e. The zero-order chi connectivity index (χ0) is 17.5. The van der Waals surface area contributed by atoms with Gasteiger partial charge >= 0.3 is 0 Å². The van der Waals surface area contributed by atoms with Crippen LogP contribution in [0.2, 0.25) is 0 Å². The number of carbonyl (C=O) groups is 1. The van der Waals surface area contributed by atoms with Crippen LogP contribution in [0.3, 0.4) is 0 Å². The molecule has 0 fully saturated rings. The molecule has 0 saturated carbocycles. The first kappa shape index (κ1) is 16.7. The van der Waals surface area contributed by atoms with E-state index >= 15 is 0 Å². The van der Waals surface area contributed by atoms with Gasteiger partial charge < -0.3 is 15.1 Å². The number of carbonyl (C=O) groups excluding carboxylic acids is 1. The lowest BCUT2D eigenvalue weighted by Gasteiger charge is -2.07. The molecule has 0 spiro atoms. The molecule has 0 radical (unpaired) electrons. The van der Waals surface area contributed by atoms with Gasteiger partial charge in [-0.05, 0) is 48.4 Å². The fourth-order valence-electron chi connectivity index (χ4n) is 2.30. The van der Waals surface area contributed by atoms with Crippen LogP contribution in [0.4, 0.5) is 10.2 Å². The van der Waals surface area contributed by atoms with Crippen molar-refractivity contribution in [2.75, 3.05) is 11.9 Å². The van der Waals surface area contributed by atoms with E-state index in [1.165, 1.54) is 18.3 Å². The van der Waals surface area contributed by atoms with Crippen LogP contribution < -0.4 is 10.6 Å². The zero-order valence-corrected chi connectivity index (χ0v) is 13.5. The maximum absolute atomic E-state index is 12.8. The van der Waals surface area contributed by atoms with E-state index in [-0.39, 0.29) is 11.7 Å². The summed E-state index contributed by atoms with van der Waals surface area (Å²) in [5.74, 6) is 1.02. The van der Waals surface area contributed by atoms with Crippen molar-refractivity contribution in [2.24, 2.45) is 0 Å². The smallest absolute Gasteiger partial charge is 0.252 e. The number of pyridine rings is 1. The summed E-state index contributed by atoms with van der Waals surface area (Å²) in [5, 5.41) is 5.94. The first-order chi connectivity index (χ1) is 12.2. The van der Waals surface area contributed by atoms with Gasteiger partial charge in [0.25, 0.3) is 5.91 Å². The summed E-state index contributed by atoms with van der Waals surface area (Å²) in [4.78, 5) is 16.3. The van der Waals surface area contributed by atoms with Crippen LogP contribution in [0.1, 0.15) is 21.7 Å². The molecule has 0 aliphatic carbocycles. The van der Waals surface area contributed by atoms with Gasteiger partial charge in [-0.3, -0.25) is 4.79 Å². The molecule has 1 aromatic carbocycles. The quantitative estimate of drug-likeness (QED) is 0.692. The number of aromatic nitrogens is 1. The molecule has 0 atom stereocenters. The third-order valence-corrected chi connectivity index (χ3v) is 3.66. The monoisotopic (exact) mass is 339 g/mol. The lowest BCUT2D eigenvalue weighted by atomic mass is 10.1. The highest BCUT2D eigenvalue weighted by Crippen LogP contribution is 2.08. The molecule has 0 bridgehead atoms. The van der Waals surface area contributed by atoms with Crippen molar-refractivity contribution < 1.29 is 13.6 Å². The Kier molecular flexibility index (Phi) is 5.41. The number of hydrogen-bond acceptors (Lipinski definition) is 4. The van der Waals surface area contributed by atoms with E-state index in [9.17, 15) is 9.18 Å². The number of rotatable bonds is 7. The second-order valence-corrected chi connectivity index (χ2v) is 5.50. The van der Waals surface area contributed by atoms with Crippen LogP contribution in [0.5, 0.6) is 0 Å². The number of hydrogen-bond donors (Lipinski definition) is 2. The van der Waals surface area contributed by atoms with Crippen LogP contribution in [-0.2, 0) is 13.0 Å². The molecule has 0 saturated heterocycles. The predicted molar refractivity (Wildman–Crippen MR) is 92.7 cm³/mol. The molecule has 25 heavy (non-hydrogen) atoms. The van der Waals surface area contributed by atoms with Crippen LogP contribution >= 0.6 is 0 Å². The molecule has 5 nitrogen and oxygen atoms in total. The number of benzene rings is 1. The molecular formula is C19H18FN3O2. The Bertz CT molecular complexity index is 800. The number of halogens is 1. The van der Waals surface area contributed by atoms with Gasteiger partial charge in [0.1, 0.15) is 17.4 Å². The van der Waals surface area contributed by atoms with Crippen molar-refractivity contribution >= 4 is 11.7 Å². The minimum atomic E-state index is -0.264. The zero-order valence-electron chi connectivity index (χ0n) is 13.5. The highest BCUT2D eigenvalue weighted by Gasteiger charge is 2.06. The molecule has 1 amide bonds. The van der Waals surface area contributed by atoms with Crippen molar-refractivity contribution in [2.45, 2.75) is 13.0 Å². The van der Waals surface area contributed by atoms with Crippen LogP contribution in [-0.4, -0.2) is 17.4 Å². The van der Waals surface area contributed by atoms with Crippen molar-refractivity contribution in [1.82, 2.24) is 10.3 Å². The summed E-state index contributed by atoms with van der Waals surface area (Å²) in [5.41, 5.74) is 1.46. The van der Waals surface area contributed by atoms with Crippen molar-refractivity contribution in [1.29, 1.82) is 0 Å². The van der Waals surface area contributed by atoms with Gasteiger partial charge in [-0.25, -0.2) is 9.37 Å². The minimum absolute atomic E-state index is 0.188. The molecule has 3 rings (SSSR count). The molecule has 0 unspecified atom stereocenters. The Morgan fingerprint density at radius 3 is 2.64 bits per heavy atom. The van der Waals surface area contributed by atoms with Crippen molar-refractivity contribution in [3.63, 3.8) is 0 Å². The molecule has 0 aliphatic heterocycles. The lowest BCUT2D eigenvalue weighted by molar-refractivity contribution is 0.0954. The van der Waals surface area contributed by atoms with E-state index in [1.807, 2.05) is 12.1 Å². The molecule has 2 aromatic heterocycles. The Hall–Kier alpha value is -3.15. The van der Waals surface area contributed by atoms with Crippen LogP contribution in [0, 0.1) is 5.82 Å². The fourth-order valence-corrected chi connectivity index (χ4v) is 2.30. The van der Waals surface area contributed by atoms with E-state index < -0.39 is 0 Å². The van der Waals surface area contributed by atoms with Crippen molar-refractivity contribution in [3.8, 4) is 0 Å². The highest BCUT2D eigenvalue weighted by atomic mass is 19.1. The average molecular weight is 339 g/mol. The number of nitrogens with one attached hydrogen (secondary N) is 2. The van der Waals surface area contributed by atoms with Gasteiger partial charge in [0, 0.05) is 12.7 Å². The SMILES string of the molecule is O=C(NCCc1ccc(F)cc1)c1ccc(NCc2ccco2)nc1. The standard InChI is InChI=1S/C19H18FN3O2/c20-16-6-3-14(4-7-16)9-10-21-19(24)15-5-8-18(22-12-15)23-13-17-2-1-11-25-17/h1-8,11-12H,9-10,13H2,(H,21,24)(H,22,23). The van der Waals surface area contributed by atoms with Gasteiger partial charge in [-0.1, -0.05) is 12.1 Å². The number of amides is 1. The Morgan fingerprint density at radius 2 is 1.96 bits per heavy atom. The van der Waals surface area contributed by atoms with Gasteiger partial charge in [0.05, 0.1) is 18.4 Å². The first-order valence-corrected chi connectivity index (χ1v) is 7.96. The number of anilines is 1. The predicted octanol–water partition coefficient (Wildman–Crippen LogP) is 3.40. The third kappa shape index (κ3) is 4.91. The minimum Gasteiger partial charge on any atom is -0.467 e. The molecular weight excluding hydrogens is 321 g/mol. The van der Waals surface area contributed by atoms with Crippen LogP contribution in [0.25, 0.3) is 0 Å². The van der Waals surface area contributed by atoms with E-state index in [2.05, 4.69) is 15.6 Å². The topological polar surface area (TPSA) is 67.2 Å². The molecule has 0 aliphatic rings. The van der Waals surface area contributed by atoms with E-state index in [0.29, 0.717) is 30.9 Å². The lowest BCUT2D eigenvalue weighted by Crippen LogP contribution is -2.25. The summed E-state index contributed by atoms with van der Waals surface area (Å²) in [6.45, 7) is 1.01. The van der Waals surface area contributed by atoms with Crippen molar-refractivity contribution in [3.05, 3.63) is 83.7 Å². The third-order valence-electron chi connectivity index (χ3n) is 3.66. The summed E-state index contributed by atoms with van der Waals surface area (Å²) < 4.78 is 18.1. The Balaban J connectivity index is 1.46. The van der Waals surface area contributed by atoms with Gasteiger partial charge in [-0.2, -0.15) is 0 Å². The Morgan fingerprint density at radius 1 is 1.12 bits per heavy atom. The summed E-state index contributed by atoms with van der Waals surface area (Å²) in [7, 11) is 0. The summed E-state index contributed by atoms with van der Waals surface area (Å²) >= 11 is 0. The molecule has 3 aromatic rings. The molecule has 2 heterocycles. The second kappa shape index (κ2) is 8.10. The van der Waals surface area contributed by atoms with E-state index in [0.717, 1.165) is 11.3 Å².